The first-order valence-corrected chi connectivity index (χ1v) is 5.14. The largest absolute Gasteiger partial charge is 0.493 e. The second kappa shape index (κ2) is 4.53. The fraction of sp³-hybridized carbons (Fsp3) is 0.417. The molecule has 4 heteroatoms. The molecule has 1 aliphatic heterocycles. The minimum Gasteiger partial charge on any atom is -0.493 e. The number of carbonyl (C=O) groups excluding carboxylic acids is 1. The van der Waals surface area contributed by atoms with Crippen LogP contribution in [0.3, 0.4) is 0 Å². The van der Waals surface area contributed by atoms with Gasteiger partial charge in [-0.15, -0.1) is 0 Å². The molecule has 0 fully saturated rings. The Balaban J connectivity index is 2.36. The summed E-state index contributed by atoms with van der Waals surface area (Å²) in [6.45, 7) is 2.32. The molecule has 0 aromatic heterocycles. The van der Waals surface area contributed by atoms with E-state index in [1.54, 1.807) is 6.07 Å². The van der Waals surface area contributed by atoms with Gasteiger partial charge in [-0.25, -0.2) is 0 Å². The summed E-state index contributed by atoms with van der Waals surface area (Å²) in [7, 11) is 1.54. The lowest BCUT2D eigenvalue weighted by Crippen LogP contribution is -2.04. The number of benzene rings is 1. The maximum Gasteiger partial charge on any atom is 0.188 e. The molecule has 0 amide bonds. The summed E-state index contributed by atoms with van der Waals surface area (Å²) >= 11 is 0. The summed E-state index contributed by atoms with van der Waals surface area (Å²) in [5.41, 5.74) is 1.65. The molecule has 16 heavy (non-hydrogen) atoms. The molecule has 0 saturated carbocycles. The van der Waals surface area contributed by atoms with Crippen LogP contribution in [0.25, 0.3) is 0 Å². The van der Waals surface area contributed by atoms with Gasteiger partial charge in [0.1, 0.15) is 11.5 Å². The molecule has 0 unspecified atom stereocenters. The topological polar surface area (TPSA) is 44.8 Å². The van der Waals surface area contributed by atoms with Crippen LogP contribution in [-0.4, -0.2) is 26.3 Å². The maximum atomic E-state index is 11.5. The number of ketones is 1. The smallest absolute Gasteiger partial charge is 0.188 e. The van der Waals surface area contributed by atoms with Crippen LogP contribution in [-0.2, 0) is 11.2 Å². The van der Waals surface area contributed by atoms with Gasteiger partial charge in [-0.2, -0.15) is 0 Å². The van der Waals surface area contributed by atoms with Crippen molar-refractivity contribution in [2.45, 2.75) is 13.3 Å². The number of hydrogen-bond acceptors (Lipinski definition) is 4. The average molecular weight is 222 g/mol. The SMILES string of the molecule is COCOc1cc2c(cc1C(C)=O)CCO2. The number of methoxy groups -OCH3 is 1. The van der Waals surface area contributed by atoms with Gasteiger partial charge in [0.05, 0.1) is 12.2 Å². The van der Waals surface area contributed by atoms with Gasteiger partial charge in [0, 0.05) is 19.6 Å². The number of carbonyl (C=O) groups is 1. The minimum absolute atomic E-state index is 0.0131. The van der Waals surface area contributed by atoms with Crippen molar-refractivity contribution in [3.05, 3.63) is 23.3 Å². The quantitative estimate of drug-likeness (QED) is 0.575. The lowest BCUT2D eigenvalue weighted by atomic mass is 10.0. The van der Waals surface area contributed by atoms with Crippen molar-refractivity contribution in [2.24, 2.45) is 0 Å². The highest BCUT2D eigenvalue weighted by molar-refractivity contribution is 5.97. The lowest BCUT2D eigenvalue weighted by molar-refractivity contribution is 0.0501. The van der Waals surface area contributed by atoms with Crippen LogP contribution < -0.4 is 9.47 Å². The van der Waals surface area contributed by atoms with Crippen molar-refractivity contribution in [3.63, 3.8) is 0 Å². The lowest BCUT2D eigenvalue weighted by Gasteiger charge is -2.10. The third kappa shape index (κ3) is 2.02. The molecule has 4 nitrogen and oxygen atoms in total. The monoisotopic (exact) mass is 222 g/mol. The average Bonchev–Trinajstić information content (AvgIpc) is 2.71. The molecule has 1 aromatic rings. The third-order valence-electron chi connectivity index (χ3n) is 2.50. The normalized spacial score (nSPS) is 13.1. The van der Waals surface area contributed by atoms with Crippen molar-refractivity contribution in [3.8, 4) is 11.5 Å². The van der Waals surface area contributed by atoms with Crippen LogP contribution in [0.2, 0.25) is 0 Å². The zero-order valence-corrected chi connectivity index (χ0v) is 9.41. The van der Waals surface area contributed by atoms with E-state index >= 15 is 0 Å². The molecule has 1 heterocycles. The van der Waals surface area contributed by atoms with E-state index in [-0.39, 0.29) is 12.6 Å². The van der Waals surface area contributed by atoms with Gasteiger partial charge in [-0.3, -0.25) is 4.79 Å². The molecule has 0 atom stereocenters. The Morgan fingerprint density at radius 3 is 3.00 bits per heavy atom. The number of rotatable bonds is 4. The number of fused-ring (bicyclic) bond motifs is 1. The van der Waals surface area contributed by atoms with Crippen molar-refractivity contribution in [2.75, 3.05) is 20.5 Å². The first kappa shape index (κ1) is 11.0. The Kier molecular flexibility index (Phi) is 3.10. The molecule has 0 radical (unpaired) electrons. The van der Waals surface area contributed by atoms with Crippen LogP contribution >= 0.6 is 0 Å². The van der Waals surface area contributed by atoms with E-state index in [0.29, 0.717) is 17.9 Å². The van der Waals surface area contributed by atoms with E-state index in [0.717, 1.165) is 17.7 Å². The summed E-state index contributed by atoms with van der Waals surface area (Å²) in [6.07, 6.45) is 0.847. The Hall–Kier alpha value is -1.55. The van der Waals surface area contributed by atoms with Gasteiger partial charge < -0.3 is 14.2 Å². The highest BCUT2D eigenvalue weighted by atomic mass is 16.7. The summed E-state index contributed by atoms with van der Waals surface area (Å²) in [6, 6.07) is 3.60. The molecule has 0 saturated heterocycles. The molecule has 0 aliphatic carbocycles. The van der Waals surface area contributed by atoms with E-state index in [9.17, 15) is 4.79 Å². The second-order valence-corrected chi connectivity index (χ2v) is 3.66. The zero-order chi connectivity index (χ0) is 11.5. The Labute approximate surface area is 94.1 Å². The Bertz CT molecular complexity index is 412. The second-order valence-electron chi connectivity index (χ2n) is 3.66. The Morgan fingerprint density at radius 2 is 2.31 bits per heavy atom. The van der Waals surface area contributed by atoms with Crippen molar-refractivity contribution >= 4 is 5.78 Å². The summed E-state index contributed by atoms with van der Waals surface area (Å²) in [4.78, 5) is 11.5. The summed E-state index contributed by atoms with van der Waals surface area (Å²) in [5.74, 6) is 1.31. The summed E-state index contributed by atoms with van der Waals surface area (Å²) < 4.78 is 15.6. The maximum absolute atomic E-state index is 11.5. The fourth-order valence-corrected chi connectivity index (χ4v) is 1.72. The van der Waals surface area contributed by atoms with Gasteiger partial charge in [0.2, 0.25) is 0 Å². The summed E-state index contributed by atoms with van der Waals surface area (Å²) in [5, 5.41) is 0. The molecule has 86 valence electrons. The first-order chi connectivity index (χ1) is 7.72. The van der Waals surface area contributed by atoms with E-state index in [4.69, 9.17) is 14.2 Å². The molecule has 1 aromatic carbocycles. The Morgan fingerprint density at radius 1 is 1.50 bits per heavy atom. The predicted molar refractivity (Wildman–Crippen MR) is 58.1 cm³/mol. The van der Waals surface area contributed by atoms with Gasteiger partial charge in [0.25, 0.3) is 0 Å². The molecule has 0 spiro atoms. The minimum atomic E-state index is -0.0131. The first-order valence-electron chi connectivity index (χ1n) is 5.14. The van der Waals surface area contributed by atoms with Crippen molar-refractivity contribution in [1.82, 2.24) is 0 Å². The molecule has 1 aliphatic rings. The van der Waals surface area contributed by atoms with Crippen molar-refractivity contribution in [1.29, 1.82) is 0 Å². The van der Waals surface area contributed by atoms with Crippen LogP contribution in [0.15, 0.2) is 12.1 Å². The molecular weight excluding hydrogens is 208 g/mol. The zero-order valence-electron chi connectivity index (χ0n) is 9.41. The van der Waals surface area contributed by atoms with Gasteiger partial charge in [-0.1, -0.05) is 0 Å². The van der Waals surface area contributed by atoms with E-state index in [1.807, 2.05) is 6.07 Å². The number of Topliss-reactive ketones (excluding diaryl/α,β-unsaturated/α-hetero) is 1. The van der Waals surface area contributed by atoms with Gasteiger partial charge in [-0.05, 0) is 18.6 Å². The molecule has 0 N–H and O–H groups in total. The fourth-order valence-electron chi connectivity index (χ4n) is 1.72. The van der Waals surface area contributed by atoms with E-state index < -0.39 is 0 Å². The highest BCUT2D eigenvalue weighted by Crippen LogP contribution is 2.33. The number of ether oxygens (including phenoxy) is 3. The third-order valence-corrected chi connectivity index (χ3v) is 2.50. The van der Waals surface area contributed by atoms with Crippen LogP contribution in [0, 0.1) is 0 Å². The van der Waals surface area contributed by atoms with Crippen molar-refractivity contribution < 1.29 is 19.0 Å². The van der Waals surface area contributed by atoms with Gasteiger partial charge in [0.15, 0.2) is 12.6 Å². The van der Waals surface area contributed by atoms with E-state index in [2.05, 4.69) is 0 Å². The molecule has 2 rings (SSSR count). The number of hydrogen-bond donors (Lipinski definition) is 0. The van der Waals surface area contributed by atoms with E-state index in [1.165, 1.54) is 14.0 Å². The molecular formula is C12H14O4. The highest BCUT2D eigenvalue weighted by Gasteiger charge is 2.18. The van der Waals surface area contributed by atoms with Crippen LogP contribution in [0.1, 0.15) is 22.8 Å². The van der Waals surface area contributed by atoms with Crippen LogP contribution in [0.4, 0.5) is 0 Å². The van der Waals surface area contributed by atoms with Crippen LogP contribution in [0.5, 0.6) is 11.5 Å². The molecule has 0 bridgehead atoms. The standard InChI is InChI=1S/C12H14O4/c1-8(13)10-5-9-3-4-15-11(9)6-12(10)16-7-14-2/h5-6H,3-4,7H2,1-2H3. The predicted octanol–water partition coefficient (Wildman–Crippen LogP) is 1.81. The van der Waals surface area contributed by atoms with Gasteiger partial charge >= 0.3 is 0 Å².